The molecule has 11 amide bonds. The Morgan fingerprint density at radius 3 is 1.03 bits per heavy atom. The van der Waals surface area contributed by atoms with Crippen molar-refractivity contribution in [3.8, 4) is 0 Å². The van der Waals surface area contributed by atoms with Crippen molar-refractivity contribution in [2.24, 2.45) is 101 Å². The molecule has 0 unspecified atom stereocenters. The van der Waals surface area contributed by atoms with E-state index in [9.17, 15) is 72.5 Å². The highest BCUT2D eigenvalue weighted by molar-refractivity contribution is 5.99. The highest BCUT2D eigenvalue weighted by Crippen LogP contribution is 2.15. The molecule has 101 heavy (non-hydrogen) atoms. The Morgan fingerprint density at radius 1 is 0.356 bits per heavy atom. The Kier molecular flexibility index (Phi) is 46.3. The van der Waals surface area contributed by atoms with E-state index in [2.05, 4.69) is 73.1 Å². The highest BCUT2D eigenvalue weighted by Gasteiger charge is 2.36. The van der Waals surface area contributed by atoms with Gasteiger partial charge in [0, 0.05) is 44.9 Å². The summed E-state index contributed by atoms with van der Waals surface area (Å²) in [5.74, 6) is -15.0. The van der Waals surface area contributed by atoms with Crippen molar-refractivity contribution in [1.29, 1.82) is 0 Å². The predicted molar refractivity (Wildman–Crippen MR) is 377 cm³/mol. The zero-order valence-electron chi connectivity index (χ0n) is 58.9. The van der Waals surface area contributed by atoms with Gasteiger partial charge in [-0.05, 0) is 128 Å². The minimum absolute atomic E-state index is 0.0151. The van der Waals surface area contributed by atoms with E-state index in [1.54, 1.807) is 34.6 Å². The lowest BCUT2D eigenvalue weighted by molar-refractivity contribution is -0.139. The molecule has 40 nitrogen and oxygen atoms in total. The number of aliphatic carboxylic acids is 2. The summed E-state index contributed by atoms with van der Waals surface area (Å²) in [5.41, 5.74) is 60.9. The standard InChI is InChI=1S/C61H115N25O15/c1-6-34(4)47(86-55(99)40(20-14-30-76-61(71)72)83-54(98)42(22-24-46(90)91)80-49(93)35(5)15-7-9-25-62)57(101)85-41(21-23-45(88)89)50(94)77-32-44(87)78-43(31-33(2)3)56(100)84-39(19-13-29-75-60(69)70)53(97)81-37(16-8-10-26-63)52(96)82-38(18-12-28-74-59(67)68)51(95)79-36(48(64)92)17-11-27-73-58(65)66/h33-43,47H,6-32,62-63H2,1-5H3,(H2,64,92)(H,77,94)(H,78,87)(H,79,95)(H,80,93)(H,81,97)(H,82,96)(H,83,98)(H,84,100)(H,85,101)(H,86,99)(H,88,89)(H,90,91)(H4,65,66,73)(H4,67,68,74)(H4,69,70,75)(H4,71,72,76)/t34-,35-,36-,37-,38-,39-,40-,41-,42-,43-,47-/m0/s1. The van der Waals surface area contributed by atoms with Crippen LogP contribution in [0.25, 0.3) is 0 Å². The van der Waals surface area contributed by atoms with Gasteiger partial charge in [-0.25, -0.2) is 0 Å². The molecule has 0 rings (SSSR count). The van der Waals surface area contributed by atoms with Crippen LogP contribution in [0.1, 0.15) is 163 Å². The number of carbonyl (C=O) groups excluding carboxylic acids is 11. The lowest BCUT2D eigenvalue weighted by Crippen LogP contribution is -2.60. The van der Waals surface area contributed by atoms with Gasteiger partial charge in [0.25, 0.3) is 0 Å². The molecular weight excluding hydrogens is 1320 g/mol. The zero-order chi connectivity index (χ0) is 76.7. The molecule has 0 aromatic carbocycles. The number of nitrogens with zero attached hydrogens (tertiary/aromatic N) is 4. The van der Waals surface area contributed by atoms with E-state index in [0.717, 1.165) is 0 Å². The van der Waals surface area contributed by atoms with Crippen LogP contribution < -0.4 is 116 Å². The van der Waals surface area contributed by atoms with Crippen LogP contribution in [-0.4, -0.2) is 211 Å². The van der Waals surface area contributed by atoms with E-state index in [-0.39, 0.29) is 146 Å². The quantitative estimate of drug-likeness (QED) is 0.0153. The van der Waals surface area contributed by atoms with E-state index in [1.807, 2.05) is 0 Å². The predicted octanol–water partition coefficient (Wildman–Crippen LogP) is -7.12. The number of nitrogens with two attached hydrogens (primary N) is 11. The Hall–Kier alpha value is -9.89. The third-order valence-corrected chi connectivity index (χ3v) is 15.6. The summed E-state index contributed by atoms with van der Waals surface area (Å²) < 4.78 is 0. The van der Waals surface area contributed by atoms with Crippen LogP contribution >= 0.6 is 0 Å². The molecule has 11 atom stereocenters. The van der Waals surface area contributed by atoms with Crippen molar-refractivity contribution in [3.05, 3.63) is 0 Å². The van der Waals surface area contributed by atoms with Gasteiger partial charge in [0.15, 0.2) is 23.8 Å². The van der Waals surface area contributed by atoms with Gasteiger partial charge in [0.2, 0.25) is 65.0 Å². The van der Waals surface area contributed by atoms with Gasteiger partial charge in [-0.3, -0.25) is 82.3 Å². The molecule has 0 aliphatic heterocycles. The van der Waals surface area contributed by atoms with Gasteiger partial charge in [0.05, 0.1) is 6.54 Å². The van der Waals surface area contributed by atoms with Gasteiger partial charge in [-0.1, -0.05) is 47.5 Å². The number of amides is 11. The molecule has 40 heteroatoms. The summed E-state index contributed by atoms with van der Waals surface area (Å²) in [5, 5.41) is 44.8. The number of guanidine groups is 4. The number of hydrogen-bond acceptors (Lipinski definition) is 19. The second-order valence-electron chi connectivity index (χ2n) is 24.8. The smallest absolute Gasteiger partial charge is 0.303 e. The van der Waals surface area contributed by atoms with Crippen molar-refractivity contribution < 1.29 is 72.5 Å². The van der Waals surface area contributed by atoms with E-state index >= 15 is 0 Å². The van der Waals surface area contributed by atoms with Crippen molar-refractivity contribution in [1.82, 2.24) is 53.2 Å². The Bertz CT molecular complexity index is 2790. The molecule has 0 aliphatic carbocycles. The van der Waals surface area contributed by atoms with Gasteiger partial charge in [0.1, 0.15) is 54.4 Å². The number of carboxylic acids is 2. The first kappa shape index (κ1) is 91.1. The van der Waals surface area contributed by atoms with Gasteiger partial charge < -0.3 is 126 Å². The number of unbranched alkanes of at least 4 members (excludes halogenated alkanes) is 2. The van der Waals surface area contributed by atoms with E-state index in [0.29, 0.717) is 32.2 Å². The van der Waals surface area contributed by atoms with Crippen LogP contribution in [-0.2, 0) is 62.3 Å². The monoisotopic (exact) mass is 1440 g/mol. The topological polar surface area (TPSA) is 718 Å². The molecule has 0 saturated carbocycles. The van der Waals surface area contributed by atoms with Crippen LogP contribution in [0.3, 0.4) is 0 Å². The third-order valence-electron chi connectivity index (χ3n) is 15.6. The van der Waals surface area contributed by atoms with Crippen LogP contribution in [0.15, 0.2) is 20.0 Å². The molecule has 574 valence electrons. The number of carboxylic acid groups (broad SMARTS) is 2. The summed E-state index contributed by atoms with van der Waals surface area (Å²) in [7, 11) is 0. The fraction of sp³-hybridized carbons (Fsp3) is 0.721. The molecule has 0 fully saturated rings. The van der Waals surface area contributed by atoms with Crippen molar-refractivity contribution in [2.45, 2.75) is 217 Å². The minimum atomic E-state index is -1.66. The van der Waals surface area contributed by atoms with Gasteiger partial charge in [-0.15, -0.1) is 0 Å². The maximum absolute atomic E-state index is 14.4. The molecule has 0 heterocycles. The molecule has 34 N–H and O–H groups in total. The van der Waals surface area contributed by atoms with E-state index < -0.39 is 169 Å². The van der Waals surface area contributed by atoms with Gasteiger partial charge in [-0.2, -0.15) is 0 Å². The SMILES string of the molecule is CC[C@H](C)[C@H](NC(=O)[C@H](CCCN=C(N)N)NC(=O)[C@H](CCC(=O)O)NC(=O)[C@@H](C)CCCCN)C(=O)N[C@@H](CCC(=O)O)C(=O)NCC(=O)N[C@@H](CC(C)C)C(=O)N[C@@H](CCCN=C(N)N)C(=O)N[C@@H](CCCCN)C(=O)N[C@@H](CCCN=C(N)N)C(=O)N[C@@H](CCCN=C(N)N)C(N)=O. The third kappa shape index (κ3) is 42.0. The van der Waals surface area contributed by atoms with Crippen LogP contribution in [0.4, 0.5) is 0 Å². The first-order valence-corrected chi connectivity index (χ1v) is 33.9. The Balaban J connectivity index is 7.02. The lowest BCUT2D eigenvalue weighted by atomic mass is 9.96. The first-order valence-electron chi connectivity index (χ1n) is 33.9. The summed E-state index contributed by atoms with van der Waals surface area (Å²) in [6.07, 6.45) is 0.590. The first-order chi connectivity index (χ1) is 47.6. The molecule has 0 aromatic heterocycles. The van der Waals surface area contributed by atoms with Crippen molar-refractivity contribution in [2.75, 3.05) is 45.8 Å². The molecule has 0 spiro atoms. The normalized spacial score (nSPS) is 14.2. The lowest BCUT2D eigenvalue weighted by Gasteiger charge is -2.29. The number of aliphatic imine (C=N–C) groups is 4. The van der Waals surface area contributed by atoms with Crippen LogP contribution in [0.2, 0.25) is 0 Å². The Labute approximate surface area is 588 Å². The molecule has 0 saturated heterocycles. The molecule has 0 aromatic rings. The second-order valence-corrected chi connectivity index (χ2v) is 24.8. The highest BCUT2D eigenvalue weighted by atomic mass is 16.4. The minimum Gasteiger partial charge on any atom is -0.481 e. The zero-order valence-corrected chi connectivity index (χ0v) is 58.9. The van der Waals surface area contributed by atoms with Crippen LogP contribution in [0.5, 0.6) is 0 Å². The second kappa shape index (κ2) is 51.3. The molecule has 0 radical (unpaired) electrons. The number of carbonyl (C=O) groups is 13. The summed E-state index contributed by atoms with van der Waals surface area (Å²) in [4.78, 5) is 192. The van der Waals surface area contributed by atoms with Crippen LogP contribution in [0, 0.1) is 17.8 Å². The Morgan fingerprint density at radius 2 is 0.673 bits per heavy atom. The largest absolute Gasteiger partial charge is 0.481 e. The average Bonchev–Trinajstić information content (AvgIpc) is 0.862. The molecule has 0 bridgehead atoms. The summed E-state index contributed by atoms with van der Waals surface area (Å²) in [6.45, 7) is 8.20. The molecule has 0 aliphatic rings. The number of hydrogen-bond donors (Lipinski definition) is 23. The summed E-state index contributed by atoms with van der Waals surface area (Å²) in [6, 6.07) is -12.8. The summed E-state index contributed by atoms with van der Waals surface area (Å²) >= 11 is 0. The fourth-order valence-electron chi connectivity index (χ4n) is 9.80. The van der Waals surface area contributed by atoms with Crippen molar-refractivity contribution >= 4 is 101 Å². The average molecular weight is 1440 g/mol. The molecular formula is C61H115N25O15. The van der Waals surface area contributed by atoms with E-state index in [4.69, 9.17) is 63.1 Å². The van der Waals surface area contributed by atoms with Gasteiger partial charge >= 0.3 is 11.9 Å². The maximum atomic E-state index is 14.4. The van der Waals surface area contributed by atoms with E-state index in [1.165, 1.54) is 0 Å². The number of nitrogens with one attached hydrogen (secondary N) is 10. The number of rotatable bonds is 55. The number of primary amides is 1. The fourth-order valence-corrected chi connectivity index (χ4v) is 9.80. The van der Waals surface area contributed by atoms with Crippen molar-refractivity contribution in [3.63, 3.8) is 0 Å². The maximum Gasteiger partial charge on any atom is 0.303 e.